The second-order valence-electron chi connectivity index (χ2n) is 9.12. The number of nitrogens with zero attached hydrogens (tertiary/aromatic N) is 4. The number of phenols is 1. The van der Waals surface area contributed by atoms with E-state index in [-0.39, 0.29) is 27.8 Å². The minimum absolute atomic E-state index is 0. The van der Waals surface area contributed by atoms with Gasteiger partial charge in [0, 0.05) is 10.8 Å². The summed E-state index contributed by atoms with van der Waals surface area (Å²) in [4.78, 5) is -2.06. The van der Waals surface area contributed by atoms with Crippen LogP contribution in [0.15, 0.2) is 95.8 Å². The number of aromatic hydroxyl groups is 1. The molecule has 0 heterocycles. The quantitative estimate of drug-likeness (QED) is 0.0963. The summed E-state index contributed by atoms with van der Waals surface area (Å²) in [6.45, 7) is -0.954. The fourth-order valence-electron chi connectivity index (χ4n) is 3.88. The van der Waals surface area contributed by atoms with Gasteiger partial charge in [0.1, 0.15) is 21.2 Å². The maximum absolute atomic E-state index is 13.0. The summed E-state index contributed by atoms with van der Waals surface area (Å²) in [5, 5.41) is 49.2. The fourth-order valence-corrected chi connectivity index (χ4v) is 6.81. The molecule has 24 heteroatoms. The average molecular weight is 794 g/mol. The predicted molar refractivity (Wildman–Crippen MR) is 155 cm³/mol. The first-order valence-corrected chi connectivity index (χ1v) is 18.1. The van der Waals surface area contributed by atoms with Gasteiger partial charge in [-0.05, 0) is 48.2 Å². The molecule has 0 saturated heterocycles. The van der Waals surface area contributed by atoms with E-state index in [4.69, 9.17) is 4.55 Å². The normalized spacial score (nSPS) is 12.9. The van der Waals surface area contributed by atoms with Crippen LogP contribution in [0.2, 0.25) is 0 Å². The first kappa shape index (κ1) is 38.3. The van der Waals surface area contributed by atoms with Crippen LogP contribution in [0.5, 0.6) is 17.2 Å². The Hall–Kier alpha value is -4.10. The summed E-state index contributed by atoms with van der Waals surface area (Å²) in [5.74, 6) is -3.72. The second-order valence-corrected chi connectivity index (χ2v) is 15.1. The molecule has 48 heavy (non-hydrogen) atoms. The van der Waals surface area contributed by atoms with E-state index < -0.39 is 108 Å². The van der Waals surface area contributed by atoms with Crippen LogP contribution in [-0.4, -0.2) is 64.8 Å². The molecule has 0 bridgehead atoms. The van der Waals surface area contributed by atoms with Crippen molar-refractivity contribution < 1.29 is 83.9 Å². The van der Waals surface area contributed by atoms with Crippen LogP contribution in [0.4, 0.5) is 22.7 Å². The Labute approximate surface area is 282 Å². The molecule has 0 saturated carbocycles. The molecule has 259 valence electrons. The van der Waals surface area contributed by atoms with Crippen molar-refractivity contribution in [1.29, 1.82) is 0 Å². The van der Waals surface area contributed by atoms with E-state index in [2.05, 4.69) is 24.6 Å². The van der Waals surface area contributed by atoms with Crippen molar-refractivity contribution in [2.75, 3.05) is 12.4 Å². The number of fused-ring (bicyclic) bond motifs is 1. The summed E-state index contributed by atoms with van der Waals surface area (Å²) < 4.78 is 126. The van der Waals surface area contributed by atoms with Crippen molar-refractivity contribution in [2.24, 2.45) is 20.5 Å². The largest absolute Gasteiger partial charge is 2.00 e. The van der Waals surface area contributed by atoms with Gasteiger partial charge in [-0.25, -0.2) is 12.6 Å². The smallest absolute Gasteiger partial charge is 0.871 e. The van der Waals surface area contributed by atoms with Crippen LogP contribution in [0.1, 0.15) is 0 Å². The third-order valence-corrected chi connectivity index (χ3v) is 9.90. The van der Waals surface area contributed by atoms with Gasteiger partial charge in [-0.2, -0.15) is 40.6 Å². The number of hydrogen-bond acceptors (Lipinski definition) is 16. The molecule has 0 atom stereocenters. The minimum Gasteiger partial charge on any atom is -0.871 e. The van der Waals surface area contributed by atoms with E-state index in [0.29, 0.717) is 0 Å². The topological polar surface area (TPSA) is 322 Å². The third-order valence-electron chi connectivity index (χ3n) is 5.95. The molecule has 0 aliphatic carbocycles. The van der Waals surface area contributed by atoms with Crippen LogP contribution in [0.25, 0.3) is 10.8 Å². The van der Waals surface area contributed by atoms with Crippen molar-refractivity contribution in [3.63, 3.8) is 0 Å². The number of benzene rings is 4. The monoisotopic (exact) mass is 793 g/mol. The van der Waals surface area contributed by atoms with Crippen LogP contribution in [0.3, 0.4) is 0 Å². The second kappa shape index (κ2) is 14.2. The van der Waals surface area contributed by atoms with Gasteiger partial charge in [-0.1, -0.05) is 23.9 Å². The van der Waals surface area contributed by atoms with Crippen molar-refractivity contribution in [3.05, 3.63) is 60.7 Å². The number of rotatable bonds is 11. The van der Waals surface area contributed by atoms with Crippen molar-refractivity contribution in [3.8, 4) is 17.2 Å². The summed E-state index contributed by atoms with van der Waals surface area (Å²) in [7, 11) is -19.1. The SMILES string of the molecule is O=S(=O)(O)OCCS(=O)(=O)c1ccc([O-])c(N=Nc2c(O)ccc(N=Nc3cc(S(=O)(=O)O)c4cccc(S(=O)(=O)O)c4c3)c2[O-])c1.[Cu+2]. The van der Waals surface area contributed by atoms with Gasteiger partial charge in [0.15, 0.2) is 9.84 Å². The molecule has 0 spiro atoms. The van der Waals surface area contributed by atoms with Crippen molar-refractivity contribution in [2.45, 2.75) is 14.7 Å². The Balaban J connectivity index is 0.00000625. The van der Waals surface area contributed by atoms with E-state index in [9.17, 15) is 58.1 Å². The number of phenolic OH excluding ortho intramolecular Hbond substituents is 1. The van der Waals surface area contributed by atoms with Crippen LogP contribution < -0.4 is 10.2 Å². The van der Waals surface area contributed by atoms with Crippen molar-refractivity contribution >= 4 is 74.0 Å². The molecular weight excluding hydrogens is 776 g/mol. The van der Waals surface area contributed by atoms with Gasteiger partial charge in [0.25, 0.3) is 20.2 Å². The zero-order chi connectivity index (χ0) is 34.9. The van der Waals surface area contributed by atoms with E-state index in [0.717, 1.165) is 60.7 Å². The minimum atomic E-state index is -4.98. The van der Waals surface area contributed by atoms with Crippen LogP contribution in [-0.2, 0) is 61.7 Å². The number of hydrogen-bond donors (Lipinski definition) is 4. The molecule has 4 rings (SSSR count). The van der Waals surface area contributed by atoms with Crippen LogP contribution in [0, 0.1) is 0 Å². The van der Waals surface area contributed by atoms with E-state index in [1.54, 1.807) is 0 Å². The maximum Gasteiger partial charge on any atom is 2.00 e. The third kappa shape index (κ3) is 9.07. The molecule has 4 N–H and O–H groups in total. The standard InChI is InChI=1S/C24H20N4O15S4.Cu/c29-19-6-4-14(44(32,33)9-8-43-47(40,41)42)12-18(19)27-28-23-20(30)7-5-17(24(23)31)26-25-13-10-16-15(22(11-13)46(37,38)39)2-1-3-21(16)45(34,35)36;/h1-7,10-12,29-31H,8-9H2,(H,34,35,36)(H,37,38,39)(H,40,41,42);/q;+2/p-2. The number of azo groups is 2. The Kier molecular flexibility index (Phi) is 11.3. The van der Waals surface area contributed by atoms with Crippen LogP contribution >= 0.6 is 0 Å². The summed E-state index contributed by atoms with van der Waals surface area (Å²) in [5.41, 5.74) is -2.39. The summed E-state index contributed by atoms with van der Waals surface area (Å²) >= 11 is 0. The zero-order valence-corrected chi connectivity index (χ0v) is 27.4. The first-order chi connectivity index (χ1) is 21.7. The number of sulfone groups is 1. The molecule has 0 aliphatic heterocycles. The first-order valence-electron chi connectivity index (χ1n) is 12.2. The van der Waals surface area contributed by atoms with Crippen molar-refractivity contribution in [1.82, 2.24) is 0 Å². The molecule has 0 fully saturated rings. The molecule has 4 aromatic rings. The maximum atomic E-state index is 13.0. The molecule has 0 unspecified atom stereocenters. The van der Waals surface area contributed by atoms with Gasteiger partial charge < -0.3 is 15.3 Å². The van der Waals surface area contributed by atoms with Gasteiger partial charge in [0.2, 0.25) is 0 Å². The van der Waals surface area contributed by atoms with Gasteiger partial charge >= 0.3 is 27.5 Å². The molecular formula is C24H18CuN4O15S4. The molecule has 19 nitrogen and oxygen atoms in total. The summed E-state index contributed by atoms with van der Waals surface area (Å²) in [6, 6.07) is 9.28. The summed E-state index contributed by atoms with van der Waals surface area (Å²) in [6.07, 6.45) is 0. The molecule has 0 amide bonds. The Morgan fingerprint density at radius 2 is 1.33 bits per heavy atom. The molecule has 0 aliphatic rings. The van der Waals surface area contributed by atoms with Gasteiger partial charge in [0.05, 0.1) is 34.3 Å². The fraction of sp³-hybridized carbons (Fsp3) is 0.0833. The predicted octanol–water partition coefficient (Wildman–Crippen LogP) is 2.61. The Bertz CT molecular complexity index is 2420. The zero-order valence-electron chi connectivity index (χ0n) is 23.2. The molecule has 0 aromatic heterocycles. The van der Waals surface area contributed by atoms with E-state index in [1.807, 2.05) is 0 Å². The van der Waals surface area contributed by atoms with Gasteiger partial charge in [-0.15, -0.1) is 5.11 Å². The average Bonchev–Trinajstić information content (AvgIpc) is 2.94. The van der Waals surface area contributed by atoms with E-state index in [1.165, 1.54) is 0 Å². The Morgan fingerprint density at radius 3 is 1.96 bits per heavy atom. The Morgan fingerprint density at radius 1 is 0.688 bits per heavy atom. The van der Waals surface area contributed by atoms with Gasteiger partial charge in [-0.3, -0.25) is 13.7 Å². The molecule has 4 aromatic carbocycles. The van der Waals surface area contributed by atoms with E-state index >= 15 is 0 Å². The molecule has 1 radical (unpaired) electrons.